The maximum absolute atomic E-state index is 13.7. The summed E-state index contributed by atoms with van der Waals surface area (Å²) in [6.45, 7) is 1.42. The fourth-order valence-electron chi connectivity index (χ4n) is 2.05. The number of hydrogen-bond acceptors (Lipinski definition) is 3. The predicted molar refractivity (Wildman–Crippen MR) is 86.4 cm³/mol. The van der Waals surface area contributed by atoms with Gasteiger partial charge in [0.2, 0.25) is 0 Å². The number of ether oxygens (including phenoxy) is 2. The van der Waals surface area contributed by atoms with Crippen LogP contribution in [-0.4, -0.2) is 19.6 Å². The molecule has 1 N–H and O–H groups in total. The van der Waals surface area contributed by atoms with Crippen LogP contribution in [0.3, 0.4) is 0 Å². The van der Waals surface area contributed by atoms with E-state index in [0.29, 0.717) is 5.56 Å². The third kappa shape index (κ3) is 4.58. The molecule has 0 aliphatic rings. The first-order valence-electron chi connectivity index (χ1n) is 7.11. The molecule has 0 aromatic heterocycles. The Hall–Kier alpha value is -2.34. The van der Waals surface area contributed by atoms with Crippen molar-refractivity contribution in [3.05, 3.63) is 58.6 Å². The standard InChI is InChI=1S/C17H16ClF2NO3/c1-10(11-3-5-16(23-2)14(20)7-11)21-17(22)9-24-15-6-4-12(19)8-13(15)18/h3-8,10H,9H2,1-2H3,(H,21,22)/t10-/m1/s1. The number of benzene rings is 2. The zero-order valence-corrected chi connectivity index (χ0v) is 13.9. The van der Waals surface area contributed by atoms with Crippen LogP contribution >= 0.6 is 11.6 Å². The smallest absolute Gasteiger partial charge is 0.258 e. The molecule has 0 aliphatic heterocycles. The van der Waals surface area contributed by atoms with Gasteiger partial charge in [0, 0.05) is 0 Å². The fraction of sp³-hybridized carbons (Fsp3) is 0.235. The molecule has 7 heteroatoms. The molecule has 0 unspecified atom stereocenters. The molecular weight excluding hydrogens is 340 g/mol. The van der Waals surface area contributed by atoms with Gasteiger partial charge in [-0.2, -0.15) is 0 Å². The van der Waals surface area contributed by atoms with Gasteiger partial charge in [0.05, 0.1) is 18.2 Å². The van der Waals surface area contributed by atoms with Crippen molar-refractivity contribution in [3.63, 3.8) is 0 Å². The third-order valence-corrected chi connectivity index (χ3v) is 3.60. The van der Waals surface area contributed by atoms with E-state index in [1.54, 1.807) is 13.0 Å². The molecule has 24 heavy (non-hydrogen) atoms. The van der Waals surface area contributed by atoms with Gasteiger partial charge in [-0.15, -0.1) is 0 Å². The molecule has 0 heterocycles. The molecule has 0 aliphatic carbocycles. The van der Waals surface area contributed by atoms with E-state index in [1.165, 1.54) is 31.4 Å². The lowest BCUT2D eigenvalue weighted by molar-refractivity contribution is -0.123. The highest BCUT2D eigenvalue weighted by atomic mass is 35.5. The SMILES string of the molecule is COc1ccc([C@@H](C)NC(=O)COc2ccc(F)cc2Cl)cc1F. The Bertz CT molecular complexity index is 740. The van der Waals surface area contributed by atoms with Crippen LogP contribution in [0.2, 0.25) is 5.02 Å². The molecule has 0 saturated heterocycles. The molecule has 2 aromatic carbocycles. The number of hydrogen-bond donors (Lipinski definition) is 1. The Morgan fingerprint density at radius 1 is 1.21 bits per heavy atom. The summed E-state index contributed by atoms with van der Waals surface area (Å²) in [5.74, 6) is -1.08. The Morgan fingerprint density at radius 3 is 2.54 bits per heavy atom. The maximum Gasteiger partial charge on any atom is 0.258 e. The van der Waals surface area contributed by atoms with Gasteiger partial charge in [-0.05, 0) is 42.8 Å². The number of carbonyl (C=O) groups is 1. The molecule has 1 atom stereocenters. The number of rotatable bonds is 6. The number of amides is 1. The van der Waals surface area contributed by atoms with Crippen molar-refractivity contribution in [2.24, 2.45) is 0 Å². The van der Waals surface area contributed by atoms with Crippen molar-refractivity contribution in [1.29, 1.82) is 0 Å². The van der Waals surface area contributed by atoms with E-state index in [4.69, 9.17) is 21.1 Å². The van der Waals surface area contributed by atoms with Crippen LogP contribution < -0.4 is 14.8 Å². The number of nitrogens with one attached hydrogen (secondary N) is 1. The summed E-state index contributed by atoms with van der Waals surface area (Å²) >= 11 is 5.81. The number of carbonyl (C=O) groups excluding carboxylic acids is 1. The van der Waals surface area contributed by atoms with E-state index < -0.39 is 23.6 Å². The maximum atomic E-state index is 13.7. The highest BCUT2D eigenvalue weighted by Gasteiger charge is 2.13. The van der Waals surface area contributed by atoms with Crippen molar-refractivity contribution in [2.75, 3.05) is 13.7 Å². The molecule has 1 amide bonds. The molecule has 0 saturated carbocycles. The summed E-state index contributed by atoms with van der Waals surface area (Å²) < 4.78 is 36.7. The first-order valence-corrected chi connectivity index (χ1v) is 7.49. The average molecular weight is 356 g/mol. The van der Waals surface area contributed by atoms with Gasteiger partial charge < -0.3 is 14.8 Å². The van der Waals surface area contributed by atoms with Crippen molar-refractivity contribution < 1.29 is 23.0 Å². The first-order chi connectivity index (χ1) is 11.4. The van der Waals surface area contributed by atoms with Crippen LogP contribution in [0.15, 0.2) is 36.4 Å². The van der Waals surface area contributed by atoms with E-state index in [9.17, 15) is 13.6 Å². The summed E-state index contributed by atoms with van der Waals surface area (Å²) in [6.07, 6.45) is 0. The molecule has 128 valence electrons. The zero-order chi connectivity index (χ0) is 17.7. The number of methoxy groups -OCH3 is 1. The van der Waals surface area contributed by atoms with Gasteiger partial charge in [-0.3, -0.25) is 4.79 Å². The summed E-state index contributed by atoms with van der Waals surface area (Å²) in [6, 6.07) is 7.63. The van der Waals surface area contributed by atoms with Gasteiger partial charge >= 0.3 is 0 Å². The molecule has 0 bridgehead atoms. The zero-order valence-electron chi connectivity index (χ0n) is 13.1. The molecule has 2 rings (SSSR count). The second kappa shape index (κ2) is 7.97. The Morgan fingerprint density at radius 2 is 1.92 bits per heavy atom. The summed E-state index contributed by atoms with van der Waals surface area (Å²) in [7, 11) is 1.38. The second-order valence-electron chi connectivity index (χ2n) is 5.05. The van der Waals surface area contributed by atoms with E-state index in [0.717, 1.165) is 6.07 Å². The minimum absolute atomic E-state index is 0.0769. The van der Waals surface area contributed by atoms with Crippen molar-refractivity contribution in [1.82, 2.24) is 5.32 Å². The quantitative estimate of drug-likeness (QED) is 0.855. The molecule has 2 aromatic rings. The van der Waals surface area contributed by atoms with Crippen LogP contribution in [0.4, 0.5) is 8.78 Å². The average Bonchev–Trinajstić information content (AvgIpc) is 2.53. The monoisotopic (exact) mass is 355 g/mol. The normalized spacial score (nSPS) is 11.7. The third-order valence-electron chi connectivity index (χ3n) is 3.31. The van der Waals surface area contributed by atoms with E-state index in [-0.39, 0.29) is 23.1 Å². The van der Waals surface area contributed by atoms with Crippen molar-refractivity contribution in [3.8, 4) is 11.5 Å². The summed E-state index contributed by atoms with van der Waals surface area (Å²) in [5.41, 5.74) is 0.585. The largest absolute Gasteiger partial charge is 0.494 e. The van der Waals surface area contributed by atoms with Gasteiger partial charge in [-0.25, -0.2) is 8.78 Å². The highest BCUT2D eigenvalue weighted by Crippen LogP contribution is 2.25. The Balaban J connectivity index is 1.93. The topological polar surface area (TPSA) is 47.6 Å². The van der Waals surface area contributed by atoms with Gasteiger partial charge in [0.1, 0.15) is 11.6 Å². The van der Waals surface area contributed by atoms with E-state index in [2.05, 4.69) is 5.32 Å². The van der Waals surface area contributed by atoms with Gasteiger partial charge in [0.25, 0.3) is 5.91 Å². The van der Waals surface area contributed by atoms with Crippen LogP contribution in [-0.2, 0) is 4.79 Å². The first kappa shape index (κ1) is 18.0. The van der Waals surface area contributed by atoms with Crippen LogP contribution in [0, 0.1) is 11.6 Å². The molecule has 4 nitrogen and oxygen atoms in total. The molecule has 0 spiro atoms. The lowest BCUT2D eigenvalue weighted by Crippen LogP contribution is -2.31. The molecular formula is C17H16ClF2NO3. The number of halogens is 3. The van der Waals surface area contributed by atoms with Gasteiger partial charge in [-0.1, -0.05) is 17.7 Å². The van der Waals surface area contributed by atoms with Gasteiger partial charge in [0.15, 0.2) is 18.2 Å². The summed E-state index contributed by atoms with van der Waals surface area (Å²) in [5, 5.41) is 2.75. The Labute approximate surface area is 143 Å². The Kier molecular flexibility index (Phi) is 5.98. The van der Waals surface area contributed by atoms with Crippen LogP contribution in [0.1, 0.15) is 18.5 Å². The van der Waals surface area contributed by atoms with E-state index in [1.807, 2.05) is 0 Å². The van der Waals surface area contributed by atoms with Crippen LogP contribution in [0.5, 0.6) is 11.5 Å². The minimum Gasteiger partial charge on any atom is -0.494 e. The van der Waals surface area contributed by atoms with Crippen molar-refractivity contribution in [2.45, 2.75) is 13.0 Å². The summed E-state index contributed by atoms with van der Waals surface area (Å²) in [4.78, 5) is 11.9. The highest BCUT2D eigenvalue weighted by molar-refractivity contribution is 6.32. The second-order valence-corrected chi connectivity index (χ2v) is 5.45. The minimum atomic E-state index is -0.509. The predicted octanol–water partition coefficient (Wildman–Crippen LogP) is 3.88. The van der Waals surface area contributed by atoms with Crippen molar-refractivity contribution >= 4 is 17.5 Å². The van der Waals surface area contributed by atoms with Crippen LogP contribution in [0.25, 0.3) is 0 Å². The fourth-order valence-corrected chi connectivity index (χ4v) is 2.28. The lowest BCUT2D eigenvalue weighted by atomic mass is 10.1. The van der Waals surface area contributed by atoms with E-state index >= 15 is 0 Å². The lowest BCUT2D eigenvalue weighted by Gasteiger charge is -2.16. The molecule has 0 fully saturated rings. The molecule has 0 radical (unpaired) electrons.